The molecule has 2 heterocycles. The summed E-state index contributed by atoms with van der Waals surface area (Å²) in [6.07, 6.45) is 2.23. The summed E-state index contributed by atoms with van der Waals surface area (Å²) >= 11 is 1.32. The lowest BCUT2D eigenvalue weighted by Crippen LogP contribution is -2.26. The average Bonchev–Trinajstić information content (AvgIpc) is 3.36. The van der Waals surface area contributed by atoms with Crippen LogP contribution in [-0.4, -0.2) is 38.0 Å². The lowest BCUT2D eigenvalue weighted by Gasteiger charge is -2.11. The Morgan fingerprint density at radius 2 is 2.10 bits per heavy atom. The Hall–Kier alpha value is -3.57. The van der Waals surface area contributed by atoms with E-state index in [1.807, 2.05) is 66.2 Å². The molecule has 2 N–H and O–H groups in total. The van der Waals surface area contributed by atoms with Crippen molar-refractivity contribution in [3.05, 3.63) is 60.3 Å². The second kappa shape index (κ2) is 8.84. The quantitative estimate of drug-likeness (QED) is 0.352. The molecule has 30 heavy (non-hydrogen) atoms. The first-order valence-corrected chi connectivity index (χ1v) is 10.5. The van der Waals surface area contributed by atoms with Gasteiger partial charge in [-0.3, -0.25) is 9.36 Å². The molecule has 0 radical (unpaired) electrons. The Bertz CT molecular complexity index is 1240. The zero-order valence-electron chi connectivity index (χ0n) is 16.4. The van der Waals surface area contributed by atoms with E-state index in [-0.39, 0.29) is 11.7 Å². The molecule has 0 unspecified atom stereocenters. The van der Waals surface area contributed by atoms with Crippen LogP contribution in [0.5, 0.6) is 0 Å². The minimum Gasteiger partial charge on any atom is -0.360 e. The van der Waals surface area contributed by atoms with Crippen LogP contribution in [0.15, 0.2) is 59.9 Å². The third kappa shape index (κ3) is 4.07. The van der Waals surface area contributed by atoms with Crippen LogP contribution in [-0.2, 0) is 4.79 Å². The zero-order chi connectivity index (χ0) is 20.9. The molecule has 150 valence electrons. The van der Waals surface area contributed by atoms with Gasteiger partial charge in [-0.1, -0.05) is 42.1 Å². The molecule has 1 amide bonds. The lowest BCUT2D eigenvalue weighted by atomic mass is 10.1. The molecule has 0 aliphatic heterocycles. The van der Waals surface area contributed by atoms with Crippen molar-refractivity contribution in [2.45, 2.75) is 18.5 Å². The lowest BCUT2D eigenvalue weighted by molar-refractivity contribution is -0.118. The summed E-state index contributed by atoms with van der Waals surface area (Å²) in [6, 6.07) is 18.2. The highest BCUT2D eigenvalue weighted by Gasteiger charge is 2.19. The molecule has 8 heteroatoms. The normalized spacial score (nSPS) is 10.8. The molecular formula is C22H20N6OS. The van der Waals surface area contributed by atoms with Gasteiger partial charge in [0.1, 0.15) is 0 Å². The molecule has 4 aromatic rings. The van der Waals surface area contributed by atoms with Crippen LogP contribution in [0.3, 0.4) is 0 Å². The fraction of sp³-hybridized carbons (Fsp3) is 0.182. The van der Waals surface area contributed by atoms with Crippen molar-refractivity contribution in [1.82, 2.24) is 25.1 Å². The Morgan fingerprint density at radius 3 is 2.93 bits per heavy atom. The van der Waals surface area contributed by atoms with Crippen molar-refractivity contribution < 1.29 is 4.79 Å². The van der Waals surface area contributed by atoms with E-state index in [0.29, 0.717) is 23.9 Å². The van der Waals surface area contributed by atoms with Crippen molar-refractivity contribution in [2.75, 3.05) is 12.3 Å². The van der Waals surface area contributed by atoms with E-state index < -0.39 is 0 Å². The summed E-state index contributed by atoms with van der Waals surface area (Å²) in [4.78, 5) is 15.4. The third-order valence-corrected chi connectivity index (χ3v) is 5.54. The molecule has 0 saturated carbocycles. The summed E-state index contributed by atoms with van der Waals surface area (Å²) in [6.45, 7) is 2.38. The van der Waals surface area contributed by atoms with Crippen LogP contribution < -0.4 is 5.32 Å². The number of rotatable bonds is 7. The van der Waals surface area contributed by atoms with E-state index in [1.165, 1.54) is 11.8 Å². The highest BCUT2D eigenvalue weighted by Crippen LogP contribution is 2.32. The van der Waals surface area contributed by atoms with Gasteiger partial charge in [-0.05, 0) is 30.7 Å². The first-order chi connectivity index (χ1) is 14.7. The third-order valence-electron chi connectivity index (χ3n) is 4.61. The van der Waals surface area contributed by atoms with Crippen LogP contribution in [0.1, 0.15) is 12.0 Å². The minimum atomic E-state index is -0.136. The second-order valence-electron chi connectivity index (χ2n) is 6.78. The number of para-hydroxylation sites is 1. The van der Waals surface area contributed by atoms with Gasteiger partial charge in [0.05, 0.1) is 18.2 Å². The number of hydrogen-bond acceptors (Lipinski definition) is 5. The number of hydrogen-bond donors (Lipinski definition) is 2. The fourth-order valence-electron chi connectivity index (χ4n) is 3.23. The van der Waals surface area contributed by atoms with Crippen molar-refractivity contribution >= 4 is 28.6 Å². The predicted octanol–water partition coefficient (Wildman–Crippen LogP) is 3.85. The van der Waals surface area contributed by atoms with Crippen molar-refractivity contribution in [3.63, 3.8) is 0 Å². The Balaban J connectivity index is 1.71. The number of nitrogens with zero attached hydrogens (tertiary/aromatic N) is 4. The number of benzene rings is 2. The van der Waals surface area contributed by atoms with Gasteiger partial charge >= 0.3 is 0 Å². The first kappa shape index (κ1) is 19.7. The Kier molecular flexibility index (Phi) is 5.82. The Labute approximate surface area is 178 Å². The molecule has 4 rings (SSSR count). The van der Waals surface area contributed by atoms with Gasteiger partial charge in [0.25, 0.3) is 0 Å². The molecule has 0 aliphatic rings. The molecule has 7 nitrogen and oxygen atoms in total. The van der Waals surface area contributed by atoms with E-state index in [9.17, 15) is 4.79 Å². The van der Waals surface area contributed by atoms with Crippen molar-refractivity contribution in [3.8, 4) is 23.1 Å². The standard InChI is InChI=1S/C22H20N6OS/c1-15-6-4-7-16(12-15)28-21(18-13-25-19-9-3-2-8-17(18)19)26-27-22(28)30-14-20(29)24-11-5-10-23/h2-4,6-9,12-13,25H,5,11,14H2,1H3,(H,24,29). The van der Waals surface area contributed by atoms with Gasteiger partial charge in [-0.25, -0.2) is 0 Å². The maximum absolute atomic E-state index is 12.1. The van der Waals surface area contributed by atoms with Gasteiger partial charge < -0.3 is 10.3 Å². The number of carbonyl (C=O) groups is 1. The molecule has 0 aliphatic carbocycles. The number of nitriles is 1. The number of fused-ring (bicyclic) bond motifs is 1. The fourth-order valence-corrected chi connectivity index (χ4v) is 4.01. The van der Waals surface area contributed by atoms with Gasteiger partial charge in [0.2, 0.25) is 5.91 Å². The maximum atomic E-state index is 12.1. The largest absolute Gasteiger partial charge is 0.360 e. The molecular weight excluding hydrogens is 396 g/mol. The molecule has 0 spiro atoms. The number of nitrogens with one attached hydrogen (secondary N) is 2. The first-order valence-electron chi connectivity index (χ1n) is 9.53. The van der Waals surface area contributed by atoms with Crippen molar-refractivity contribution in [2.24, 2.45) is 0 Å². The van der Waals surface area contributed by atoms with Gasteiger partial charge in [0, 0.05) is 34.9 Å². The second-order valence-corrected chi connectivity index (χ2v) is 7.72. The van der Waals surface area contributed by atoms with Crippen LogP contribution in [0.2, 0.25) is 0 Å². The van der Waals surface area contributed by atoms with Crippen LogP contribution in [0.25, 0.3) is 28.0 Å². The number of amides is 1. The number of aromatic amines is 1. The van der Waals surface area contributed by atoms with Gasteiger partial charge in [-0.15, -0.1) is 10.2 Å². The molecule has 0 saturated heterocycles. The SMILES string of the molecule is Cc1cccc(-n2c(SCC(=O)NCCC#N)nnc2-c2c[nH]c3ccccc23)c1. The van der Waals surface area contributed by atoms with E-state index in [0.717, 1.165) is 27.7 Å². The van der Waals surface area contributed by atoms with Crippen LogP contribution >= 0.6 is 11.8 Å². The highest BCUT2D eigenvalue weighted by atomic mass is 32.2. The monoisotopic (exact) mass is 416 g/mol. The van der Waals surface area contributed by atoms with Crippen LogP contribution in [0, 0.1) is 18.3 Å². The van der Waals surface area contributed by atoms with Crippen LogP contribution in [0.4, 0.5) is 0 Å². The zero-order valence-corrected chi connectivity index (χ0v) is 17.2. The summed E-state index contributed by atoms with van der Waals surface area (Å²) in [5, 5.41) is 21.9. The summed E-state index contributed by atoms with van der Waals surface area (Å²) < 4.78 is 1.98. The number of aromatic nitrogens is 4. The minimum absolute atomic E-state index is 0.136. The van der Waals surface area contributed by atoms with E-state index in [4.69, 9.17) is 5.26 Å². The number of thioether (sulfide) groups is 1. The maximum Gasteiger partial charge on any atom is 0.230 e. The molecule has 0 bridgehead atoms. The number of carbonyl (C=O) groups excluding carboxylic acids is 1. The average molecular weight is 417 g/mol. The van der Waals surface area contributed by atoms with Gasteiger partial charge in [0.15, 0.2) is 11.0 Å². The number of aryl methyl sites for hydroxylation is 1. The molecule has 0 atom stereocenters. The number of H-pyrrole nitrogens is 1. The van der Waals surface area contributed by atoms with E-state index >= 15 is 0 Å². The summed E-state index contributed by atoms with van der Waals surface area (Å²) in [5.41, 5.74) is 4.03. The summed E-state index contributed by atoms with van der Waals surface area (Å²) in [7, 11) is 0. The van der Waals surface area contributed by atoms with Gasteiger partial charge in [-0.2, -0.15) is 5.26 Å². The Morgan fingerprint density at radius 1 is 1.23 bits per heavy atom. The molecule has 0 fully saturated rings. The van der Waals surface area contributed by atoms with E-state index in [2.05, 4.69) is 26.6 Å². The molecule has 2 aromatic carbocycles. The van der Waals surface area contributed by atoms with E-state index in [1.54, 1.807) is 0 Å². The highest BCUT2D eigenvalue weighted by molar-refractivity contribution is 7.99. The summed E-state index contributed by atoms with van der Waals surface area (Å²) in [5.74, 6) is 0.775. The topological polar surface area (TPSA) is 99.4 Å². The predicted molar refractivity (Wildman–Crippen MR) is 117 cm³/mol. The molecule has 2 aromatic heterocycles. The smallest absolute Gasteiger partial charge is 0.230 e. The van der Waals surface area contributed by atoms with Crippen molar-refractivity contribution in [1.29, 1.82) is 5.26 Å².